The van der Waals surface area contributed by atoms with Gasteiger partial charge in [0.05, 0.1) is 36.3 Å². The summed E-state index contributed by atoms with van der Waals surface area (Å²) in [6.07, 6.45) is 1.49. The number of methoxy groups -OCH3 is 1. The number of carbonyl (C=O) groups is 1. The number of hydrogen-bond acceptors (Lipinski definition) is 6. The van der Waals surface area contributed by atoms with Gasteiger partial charge < -0.3 is 19.4 Å². The summed E-state index contributed by atoms with van der Waals surface area (Å²) in [7, 11) is 3.37. The fourth-order valence-corrected chi connectivity index (χ4v) is 3.28. The zero-order valence-electron chi connectivity index (χ0n) is 17.1. The number of rotatable bonds is 8. The van der Waals surface area contributed by atoms with E-state index in [-0.39, 0.29) is 18.2 Å². The van der Waals surface area contributed by atoms with Crippen LogP contribution < -0.4 is 10.9 Å². The van der Waals surface area contributed by atoms with Crippen molar-refractivity contribution >= 4 is 16.9 Å². The van der Waals surface area contributed by atoms with Crippen molar-refractivity contribution in [2.24, 2.45) is 7.05 Å². The maximum atomic E-state index is 12.5. The van der Waals surface area contributed by atoms with E-state index >= 15 is 0 Å². The van der Waals surface area contributed by atoms with Crippen molar-refractivity contribution in [3.63, 3.8) is 0 Å². The summed E-state index contributed by atoms with van der Waals surface area (Å²) in [6, 6.07) is 9.21. The summed E-state index contributed by atoms with van der Waals surface area (Å²) in [5, 5.41) is 8.62. The highest BCUT2D eigenvalue weighted by Gasteiger charge is 2.21. The minimum atomic E-state index is -0.442. The van der Waals surface area contributed by atoms with E-state index in [2.05, 4.69) is 10.4 Å². The number of aromatic nitrogens is 3. The van der Waals surface area contributed by atoms with E-state index in [4.69, 9.17) is 9.47 Å². The number of pyridine rings is 1. The van der Waals surface area contributed by atoms with Crippen LogP contribution in [0.1, 0.15) is 29.9 Å². The molecule has 1 N–H and O–H groups in total. The largest absolute Gasteiger partial charge is 0.462 e. The van der Waals surface area contributed by atoms with Gasteiger partial charge in [0.1, 0.15) is 5.56 Å². The monoisotopic (exact) mass is 398 g/mol. The molecule has 0 saturated heterocycles. The van der Waals surface area contributed by atoms with Crippen LogP contribution in [0.4, 0.5) is 0 Å². The van der Waals surface area contributed by atoms with Crippen molar-refractivity contribution in [1.29, 1.82) is 0 Å². The van der Waals surface area contributed by atoms with Gasteiger partial charge in [0.25, 0.3) is 5.56 Å². The topological polar surface area (TPSA) is 87.4 Å². The molecule has 1 atom stereocenters. The fraction of sp³-hybridized carbons (Fsp3) is 0.381. The molecule has 2 aromatic heterocycles. The van der Waals surface area contributed by atoms with Gasteiger partial charge in [-0.25, -0.2) is 9.48 Å². The first-order valence-corrected chi connectivity index (χ1v) is 9.53. The van der Waals surface area contributed by atoms with Gasteiger partial charge in [0.2, 0.25) is 0 Å². The van der Waals surface area contributed by atoms with E-state index in [0.717, 1.165) is 10.9 Å². The van der Waals surface area contributed by atoms with Crippen LogP contribution in [-0.4, -0.2) is 46.7 Å². The Hall–Kier alpha value is -2.97. The molecule has 2 heterocycles. The predicted octanol–water partition coefficient (Wildman–Crippen LogP) is 2.03. The van der Waals surface area contributed by atoms with Crippen LogP contribution in [0.25, 0.3) is 16.6 Å². The summed E-state index contributed by atoms with van der Waals surface area (Å²) < 4.78 is 13.6. The predicted molar refractivity (Wildman–Crippen MR) is 110 cm³/mol. The van der Waals surface area contributed by atoms with Gasteiger partial charge in [-0.2, -0.15) is 5.10 Å². The first-order chi connectivity index (χ1) is 14.0. The fourth-order valence-electron chi connectivity index (χ4n) is 3.28. The lowest BCUT2D eigenvalue weighted by molar-refractivity contribution is 0.0524. The average Bonchev–Trinajstić information content (AvgIpc) is 3.13. The summed E-state index contributed by atoms with van der Waals surface area (Å²) >= 11 is 0. The van der Waals surface area contributed by atoms with Crippen molar-refractivity contribution in [2.45, 2.75) is 26.4 Å². The molecule has 3 aromatic rings. The molecule has 1 aromatic carbocycles. The van der Waals surface area contributed by atoms with Crippen molar-refractivity contribution in [3.05, 3.63) is 58.1 Å². The number of esters is 1. The number of para-hydroxylation sites is 1. The Kier molecular flexibility index (Phi) is 6.46. The van der Waals surface area contributed by atoms with E-state index in [1.807, 2.05) is 31.2 Å². The van der Waals surface area contributed by atoms with Gasteiger partial charge in [0.15, 0.2) is 0 Å². The minimum Gasteiger partial charge on any atom is -0.462 e. The van der Waals surface area contributed by atoms with E-state index in [1.54, 1.807) is 30.3 Å². The highest BCUT2D eigenvalue weighted by molar-refractivity contribution is 5.92. The second kappa shape index (κ2) is 9.02. The third kappa shape index (κ3) is 4.23. The smallest absolute Gasteiger partial charge is 0.341 e. The Balaban J connectivity index is 2.15. The van der Waals surface area contributed by atoms with Crippen molar-refractivity contribution in [1.82, 2.24) is 19.7 Å². The SMILES string of the molecule is CCOC(=O)c1cnn(-c2cc(=O)n(C)c3ccccc23)c1CNC(C)COC. The molecule has 0 fully saturated rings. The van der Waals surface area contributed by atoms with Gasteiger partial charge >= 0.3 is 5.97 Å². The number of nitrogens with zero attached hydrogens (tertiary/aromatic N) is 3. The third-order valence-corrected chi connectivity index (χ3v) is 4.76. The standard InChI is InChI=1S/C21H26N4O4/c1-5-29-21(27)16-11-23-25(19(16)12-22-14(2)13-28-4)18-10-20(26)24(3)17-9-7-6-8-15(17)18/h6-11,14,22H,5,12-13H2,1-4H3. The molecule has 0 saturated carbocycles. The van der Waals surface area contributed by atoms with E-state index in [9.17, 15) is 9.59 Å². The van der Waals surface area contributed by atoms with Gasteiger partial charge in [-0.15, -0.1) is 0 Å². The number of hydrogen-bond donors (Lipinski definition) is 1. The summed E-state index contributed by atoms with van der Waals surface area (Å²) in [5.74, 6) is -0.442. The first-order valence-electron chi connectivity index (χ1n) is 9.53. The summed E-state index contributed by atoms with van der Waals surface area (Å²) in [5.41, 5.74) is 2.25. The Morgan fingerprint density at radius 3 is 2.79 bits per heavy atom. The highest BCUT2D eigenvalue weighted by atomic mass is 16.5. The maximum absolute atomic E-state index is 12.5. The van der Waals surface area contributed by atoms with Crippen LogP contribution in [0.5, 0.6) is 0 Å². The van der Waals surface area contributed by atoms with Crippen molar-refractivity contribution in [2.75, 3.05) is 20.3 Å². The molecule has 0 aliphatic carbocycles. The first kappa shape index (κ1) is 20.8. The van der Waals surface area contributed by atoms with Crippen LogP contribution in [0.2, 0.25) is 0 Å². The van der Waals surface area contributed by atoms with E-state index in [1.165, 1.54) is 12.3 Å². The normalized spacial score (nSPS) is 12.3. The van der Waals surface area contributed by atoms with Crippen molar-refractivity contribution in [3.8, 4) is 5.69 Å². The Labute approximate surface area is 169 Å². The zero-order chi connectivity index (χ0) is 21.0. The number of benzene rings is 1. The average molecular weight is 398 g/mol. The van der Waals surface area contributed by atoms with Crippen LogP contribution in [-0.2, 0) is 23.1 Å². The molecule has 8 nitrogen and oxygen atoms in total. The number of ether oxygens (including phenoxy) is 2. The Morgan fingerprint density at radius 1 is 1.31 bits per heavy atom. The Bertz CT molecular complexity index is 1070. The van der Waals surface area contributed by atoms with Crippen LogP contribution in [0.3, 0.4) is 0 Å². The van der Waals surface area contributed by atoms with Crippen LogP contribution >= 0.6 is 0 Å². The molecular formula is C21H26N4O4. The molecule has 0 amide bonds. The van der Waals surface area contributed by atoms with Gasteiger partial charge in [0, 0.05) is 38.2 Å². The molecule has 8 heteroatoms. The minimum absolute atomic E-state index is 0.0683. The summed E-state index contributed by atoms with van der Waals surface area (Å²) in [4.78, 5) is 25.0. The second-order valence-electron chi connectivity index (χ2n) is 6.82. The maximum Gasteiger partial charge on any atom is 0.341 e. The van der Waals surface area contributed by atoms with Gasteiger partial charge in [-0.1, -0.05) is 18.2 Å². The lowest BCUT2D eigenvalue weighted by Gasteiger charge is -2.16. The highest BCUT2D eigenvalue weighted by Crippen LogP contribution is 2.23. The molecule has 0 radical (unpaired) electrons. The lowest BCUT2D eigenvalue weighted by atomic mass is 10.1. The van der Waals surface area contributed by atoms with Crippen molar-refractivity contribution < 1.29 is 14.3 Å². The van der Waals surface area contributed by atoms with Gasteiger partial charge in [-0.3, -0.25) is 4.79 Å². The third-order valence-electron chi connectivity index (χ3n) is 4.76. The number of aryl methyl sites for hydroxylation is 1. The molecule has 154 valence electrons. The van der Waals surface area contributed by atoms with Gasteiger partial charge in [-0.05, 0) is 19.9 Å². The molecule has 29 heavy (non-hydrogen) atoms. The molecule has 0 aliphatic rings. The number of fused-ring (bicyclic) bond motifs is 1. The van der Waals surface area contributed by atoms with E-state index < -0.39 is 5.97 Å². The quantitative estimate of drug-likeness (QED) is 0.584. The lowest BCUT2D eigenvalue weighted by Crippen LogP contribution is -2.31. The van der Waals surface area contributed by atoms with Crippen LogP contribution in [0, 0.1) is 0 Å². The van der Waals surface area contributed by atoms with E-state index in [0.29, 0.717) is 30.1 Å². The number of nitrogens with one attached hydrogen (secondary N) is 1. The molecule has 0 bridgehead atoms. The molecule has 3 rings (SSSR count). The zero-order valence-corrected chi connectivity index (χ0v) is 17.1. The molecule has 1 unspecified atom stereocenters. The second-order valence-corrected chi connectivity index (χ2v) is 6.82. The number of carbonyl (C=O) groups excluding carboxylic acids is 1. The Morgan fingerprint density at radius 2 is 2.07 bits per heavy atom. The molecule has 0 spiro atoms. The molecule has 0 aliphatic heterocycles. The van der Waals surface area contributed by atoms with Crippen LogP contribution in [0.15, 0.2) is 41.3 Å². The molecular weight excluding hydrogens is 372 g/mol. The summed E-state index contributed by atoms with van der Waals surface area (Å²) in [6.45, 7) is 4.91.